The maximum absolute atomic E-state index is 6.33. The molecular weight excluding hydrogens is 264 g/mol. The van der Waals surface area contributed by atoms with Crippen LogP contribution >= 0.6 is 11.8 Å². The van der Waals surface area contributed by atoms with Gasteiger partial charge in [-0.25, -0.2) is 0 Å². The van der Waals surface area contributed by atoms with E-state index in [0.29, 0.717) is 5.41 Å². The Hall–Kier alpha value is -0.410. The van der Waals surface area contributed by atoms with E-state index in [1.165, 1.54) is 49.1 Å². The van der Waals surface area contributed by atoms with Gasteiger partial charge in [0.25, 0.3) is 0 Å². The van der Waals surface area contributed by atoms with Gasteiger partial charge in [0.05, 0.1) is 0 Å². The fourth-order valence-corrected chi connectivity index (χ4v) is 3.88. The summed E-state index contributed by atoms with van der Waals surface area (Å²) in [5, 5.41) is 0. The topological polar surface area (TPSA) is 30.9 Å². The van der Waals surface area contributed by atoms with E-state index in [2.05, 4.69) is 36.9 Å². The van der Waals surface area contributed by atoms with Crippen LogP contribution in [0.25, 0.3) is 0 Å². The van der Waals surface area contributed by atoms with Gasteiger partial charge in [0.15, 0.2) is 0 Å². The first-order valence-corrected chi connectivity index (χ1v) is 9.35. The molecule has 0 saturated heterocycles. The third kappa shape index (κ3) is 4.05. The van der Waals surface area contributed by atoms with Crippen molar-refractivity contribution < 1.29 is 0 Å². The summed E-state index contributed by atoms with van der Waals surface area (Å²) < 4.78 is 2.46. The van der Waals surface area contributed by atoms with Crippen LogP contribution in [0.4, 0.5) is 0 Å². The molecule has 3 heteroatoms. The van der Waals surface area contributed by atoms with E-state index in [1.807, 2.05) is 11.8 Å². The molecule has 1 aliphatic carbocycles. The van der Waals surface area contributed by atoms with Crippen molar-refractivity contribution in [3.63, 3.8) is 0 Å². The van der Waals surface area contributed by atoms with Crippen molar-refractivity contribution in [1.29, 1.82) is 0 Å². The summed E-state index contributed by atoms with van der Waals surface area (Å²) in [6.45, 7) is 5.85. The highest BCUT2D eigenvalue weighted by Gasteiger charge is 2.32. The van der Waals surface area contributed by atoms with Crippen LogP contribution in [0.2, 0.25) is 0 Å². The number of nitrogens with two attached hydrogens (primary N) is 1. The zero-order valence-electron chi connectivity index (χ0n) is 13.3. The lowest BCUT2D eigenvalue weighted by Crippen LogP contribution is -2.30. The molecule has 114 valence electrons. The highest BCUT2D eigenvalue weighted by molar-refractivity contribution is 7.98. The minimum absolute atomic E-state index is 0.233. The van der Waals surface area contributed by atoms with Crippen LogP contribution < -0.4 is 5.73 Å². The normalized spacial score (nSPS) is 20.9. The predicted octanol–water partition coefficient (Wildman–Crippen LogP) is 4.38. The summed E-state index contributed by atoms with van der Waals surface area (Å²) in [5.74, 6) is 1.31. The van der Waals surface area contributed by atoms with Gasteiger partial charge in [-0.1, -0.05) is 26.7 Å². The van der Waals surface area contributed by atoms with E-state index in [-0.39, 0.29) is 6.04 Å². The monoisotopic (exact) mass is 294 g/mol. The lowest BCUT2D eigenvalue weighted by atomic mass is 9.74. The minimum Gasteiger partial charge on any atom is -0.351 e. The number of rotatable bonds is 7. The Morgan fingerprint density at radius 2 is 2.05 bits per heavy atom. The van der Waals surface area contributed by atoms with Crippen LogP contribution in [0.3, 0.4) is 0 Å². The molecule has 0 aliphatic heterocycles. The Bertz CT molecular complexity index is 423. The van der Waals surface area contributed by atoms with Crippen LogP contribution in [-0.4, -0.2) is 16.6 Å². The first kappa shape index (κ1) is 16.0. The number of aromatic nitrogens is 1. The molecule has 2 rings (SSSR count). The number of nitrogens with zero attached hydrogens (tertiary/aromatic N) is 1. The Morgan fingerprint density at radius 3 is 2.80 bits per heavy atom. The van der Waals surface area contributed by atoms with Crippen LogP contribution in [0.1, 0.15) is 63.3 Å². The van der Waals surface area contributed by atoms with E-state index in [4.69, 9.17) is 5.73 Å². The maximum atomic E-state index is 6.33. The number of thioether (sulfide) groups is 1. The smallest absolute Gasteiger partial charge is 0.0318 e. The molecule has 0 spiro atoms. The van der Waals surface area contributed by atoms with Crippen molar-refractivity contribution in [3.8, 4) is 0 Å². The molecule has 2 nitrogen and oxygen atoms in total. The van der Waals surface area contributed by atoms with Crippen molar-refractivity contribution in [3.05, 3.63) is 23.5 Å². The Kier molecular flexibility index (Phi) is 5.62. The molecule has 0 saturated carbocycles. The number of unbranched alkanes of at least 4 members (excludes halogenated alkanes) is 3. The summed E-state index contributed by atoms with van der Waals surface area (Å²) in [6.07, 6.45) is 12.1. The van der Waals surface area contributed by atoms with Crippen molar-refractivity contribution in [2.75, 3.05) is 12.0 Å². The molecule has 2 N–H and O–H groups in total. The van der Waals surface area contributed by atoms with Crippen molar-refractivity contribution in [2.24, 2.45) is 11.1 Å². The Morgan fingerprint density at radius 1 is 1.30 bits per heavy atom. The van der Waals surface area contributed by atoms with Gasteiger partial charge in [-0.2, -0.15) is 11.8 Å². The standard InChI is InChI=1S/C17H30N2S/c1-17(2)12-15(18)14-8-10-19(16(14)13-17)9-6-4-5-7-11-20-3/h8,10,15H,4-7,9,11-13,18H2,1-3H3. The zero-order valence-corrected chi connectivity index (χ0v) is 14.1. The van der Waals surface area contributed by atoms with Crippen LogP contribution in [-0.2, 0) is 13.0 Å². The van der Waals surface area contributed by atoms with E-state index in [0.717, 1.165) is 13.0 Å². The molecule has 0 bridgehead atoms. The highest BCUT2D eigenvalue weighted by atomic mass is 32.2. The molecule has 1 atom stereocenters. The molecule has 1 aliphatic rings. The molecule has 0 fully saturated rings. The third-order valence-corrected chi connectivity index (χ3v) is 5.13. The lowest BCUT2D eigenvalue weighted by molar-refractivity contribution is 0.274. The second-order valence-corrected chi connectivity index (χ2v) is 7.96. The van der Waals surface area contributed by atoms with Crippen LogP contribution in [0.15, 0.2) is 12.3 Å². The number of hydrogen-bond acceptors (Lipinski definition) is 2. The Labute approximate surface area is 128 Å². The van der Waals surface area contributed by atoms with Crippen molar-refractivity contribution in [1.82, 2.24) is 4.57 Å². The summed E-state index contributed by atoms with van der Waals surface area (Å²) in [4.78, 5) is 0. The van der Waals surface area contributed by atoms with E-state index in [1.54, 1.807) is 0 Å². The van der Waals surface area contributed by atoms with Gasteiger partial charge in [0.2, 0.25) is 0 Å². The summed E-state index contributed by atoms with van der Waals surface area (Å²) in [7, 11) is 0. The first-order valence-electron chi connectivity index (χ1n) is 7.96. The number of aryl methyl sites for hydroxylation is 1. The summed E-state index contributed by atoms with van der Waals surface area (Å²) in [6, 6.07) is 2.49. The summed E-state index contributed by atoms with van der Waals surface area (Å²) >= 11 is 1.96. The first-order chi connectivity index (χ1) is 9.53. The van der Waals surface area contributed by atoms with Gasteiger partial charge >= 0.3 is 0 Å². The molecule has 0 radical (unpaired) electrons. The molecule has 0 amide bonds. The molecule has 1 aromatic rings. The molecular formula is C17H30N2S. The number of hydrogen-bond donors (Lipinski definition) is 1. The molecule has 20 heavy (non-hydrogen) atoms. The fraction of sp³-hybridized carbons (Fsp3) is 0.765. The van der Waals surface area contributed by atoms with Gasteiger partial charge in [-0.3, -0.25) is 0 Å². The average molecular weight is 295 g/mol. The SMILES string of the molecule is CSCCCCCCn1ccc2c1CC(C)(C)CC2N. The largest absolute Gasteiger partial charge is 0.351 e. The second-order valence-electron chi connectivity index (χ2n) is 6.97. The molecule has 1 unspecified atom stereocenters. The maximum Gasteiger partial charge on any atom is 0.0318 e. The predicted molar refractivity (Wildman–Crippen MR) is 90.3 cm³/mol. The lowest BCUT2D eigenvalue weighted by Gasteiger charge is -2.34. The average Bonchev–Trinajstić information content (AvgIpc) is 2.75. The van der Waals surface area contributed by atoms with Crippen LogP contribution in [0, 0.1) is 5.41 Å². The van der Waals surface area contributed by atoms with E-state index < -0.39 is 0 Å². The van der Waals surface area contributed by atoms with E-state index in [9.17, 15) is 0 Å². The summed E-state index contributed by atoms with van der Waals surface area (Å²) in [5.41, 5.74) is 9.57. The van der Waals surface area contributed by atoms with Gasteiger partial charge in [0.1, 0.15) is 0 Å². The van der Waals surface area contributed by atoms with Crippen molar-refractivity contribution in [2.45, 2.75) is 65.0 Å². The van der Waals surface area contributed by atoms with Crippen molar-refractivity contribution >= 4 is 11.8 Å². The highest BCUT2D eigenvalue weighted by Crippen LogP contribution is 2.40. The second kappa shape index (κ2) is 7.04. The molecule has 0 aromatic carbocycles. The fourth-order valence-electron chi connectivity index (χ4n) is 3.39. The molecule has 1 aromatic heterocycles. The van der Waals surface area contributed by atoms with E-state index >= 15 is 0 Å². The molecule has 1 heterocycles. The Balaban J connectivity index is 1.88. The zero-order chi connectivity index (χ0) is 14.6. The number of fused-ring (bicyclic) bond motifs is 1. The van der Waals surface area contributed by atoms with Gasteiger partial charge in [0, 0.05) is 24.5 Å². The van der Waals surface area contributed by atoms with Gasteiger partial charge < -0.3 is 10.3 Å². The van der Waals surface area contributed by atoms with Gasteiger partial charge in [-0.05, 0) is 54.7 Å². The third-order valence-electron chi connectivity index (χ3n) is 4.43. The van der Waals surface area contributed by atoms with Gasteiger partial charge in [-0.15, -0.1) is 0 Å². The minimum atomic E-state index is 0.233. The van der Waals surface area contributed by atoms with Crippen LogP contribution in [0.5, 0.6) is 0 Å². The quantitative estimate of drug-likeness (QED) is 0.756.